The number of ether oxygens (including phenoxy) is 2. The zero-order valence-corrected chi connectivity index (χ0v) is 17.7. The Morgan fingerprint density at radius 1 is 0.935 bits per heavy atom. The quantitative estimate of drug-likeness (QED) is 0.464. The number of hydrogen-bond acceptors (Lipinski definition) is 4. The van der Waals surface area contributed by atoms with E-state index < -0.39 is 0 Å². The molecule has 1 aromatic heterocycles. The molecule has 3 aromatic carbocycles. The van der Waals surface area contributed by atoms with Gasteiger partial charge in [-0.15, -0.1) is 0 Å². The normalized spacial score (nSPS) is 10.8. The molecule has 1 heterocycles. The SMILES string of the molecule is COc1ccc(OCC(=O)Nc2ccc(CCc3nc4ccccc4n3C)cc2)cc1. The number of carbonyl (C=O) groups is 1. The summed E-state index contributed by atoms with van der Waals surface area (Å²) in [5.41, 5.74) is 4.11. The van der Waals surface area contributed by atoms with Crippen LogP contribution in [0.25, 0.3) is 11.0 Å². The molecule has 0 aliphatic heterocycles. The molecule has 158 valence electrons. The predicted molar refractivity (Wildman–Crippen MR) is 122 cm³/mol. The topological polar surface area (TPSA) is 65.4 Å². The van der Waals surface area contributed by atoms with Crippen LogP contribution in [0.3, 0.4) is 0 Å². The molecule has 0 aliphatic carbocycles. The van der Waals surface area contributed by atoms with E-state index in [0.717, 1.165) is 41.1 Å². The van der Waals surface area contributed by atoms with Crippen LogP contribution in [0.15, 0.2) is 72.8 Å². The molecule has 0 saturated heterocycles. The number of imidazole rings is 1. The van der Waals surface area contributed by atoms with E-state index in [1.165, 1.54) is 5.56 Å². The Morgan fingerprint density at radius 3 is 2.35 bits per heavy atom. The number of anilines is 1. The summed E-state index contributed by atoms with van der Waals surface area (Å²) in [5, 5.41) is 2.86. The third kappa shape index (κ3) is 5.04. The lowest BCUT2D eigenvalue weighted by atomic mass is 10.1. The highest BCUT2D eigenvalue weighted by molar-refractivity contribution is 5.91. The van der Waals surface area contributed by atoms with Crippen molar-refractivity contribution in [3.8, 4) is 11.5 Å². The summed E-state index contributed by atoms with van der Waals surface area (Å²) in [6, 6.07) is 23.2. The molecule has 1 N–H and O–H groups in total. The second-order valence-corrected chi connectivity index (χ2v) is 7.29. The molecule has 1 amide bonds. The Labute approximate surface area is 181 Å². The second-order valence-electron chi connectivity index (χ2n) is 7.29. The first-order valence-corrected chi connectivity index (χ1v) is 10.2. The van der Waals surface area contributed by atoms with E-state index in [1.54, 1.807) is 31.4 Å². The zero-order chi connectivity index (χ0) is 21.6. The van der Waals surface area contributed by atoms with Crippen LogP contribution >= 0.6 is 0 Å². The van der Waals surface area contributed by atoms with Crippen molar-refractivity contribution in [1.29, 1.82) is 0 Å². The van der Waals surface area contributed by atoms with E-state index in [0.29, 0.717) is 5.75 Å². The number of carbonyl (C=O) groups excluding carboxylic acids is 1. The van der Waals surface area contributed by atoms with Gasteiger partial charge < -0.3 is 19.4 Å². The fourth-order valence-electron chi connectivity index (χ4n) is 3.45. The Bertz CT molecular complexity index is 1170. The Morgan fingerprint density at radius 2 is 1.65 bits per heavy atom. The fourth-order valence-corrected chi connectivity index (χ4v) is 3.45. The van der Waals surface area contributed by atoms with Gasteiger partial charge in [0.2, 0.25) is 0 Å². The average molecular weight is 415 g/mol. The van der Waals surface area contributed by atoms with Crippen LogP contribution in [0, 0.1) is 0 Å². The van der Waals surface area contributed by atoms with Crippen molar-refractivity contribution in [2.45, 2.75) is 12.8 Å². The van der Waals surface area contributed by atoms with Crippen LogP contribution in [0.5, 0.6) is 11.5 Å². The van der Waals surface area contributed by atoms with Gasteiger partial charge in [0.05, 0.1) is 18.1 Å². The highest BCUT2D eigenvalue weighted by Gasteiger charge is 2.08. The highest BCUT2D eigenvalue weighted by Crippen LogP contribution is 2.18. The third-order valence-corrected chi connectivity index (χ3v) is 5.18. The van der Waals surface area contributed by atoms with Crippen LogP contribution in [0.1, 0.15) is 11.4 Å². The van der Waals surface area contributed by atoms with E-state index in [-0.39, 0.29) is 12.5 Å². The van der Waals surface area contributed by atoms with E-state index in [9.17, 15) is 4.79 Å². The Balaban J connectivity index is 1.28. The van der Waals surface area contributed by atoms with Crippen molar-refractivity contribution in [3.05, 3.63) is 84.2 Å². The first kappa shape index (κ1) is 20.5. The first-order chi connectivity index (χ1) is 15.1. The first-order valence-electron chi connectivity index (χ1n) is 10.2. The molecule has 31 heavy (non-hydrogen) atoms. The molecule has 0 unspecified atom stereocenters. The van der Waals surface area contributed by atoms with Crippen LogP contribution in [0.4, 0.5) is 5.69 Å². The van der Waals surface area contributed by atoms with E-state index in [4.69, 9.17) is 14.5 Å². The highest BCUT2D eigenvalue weighted by atomic mass is 16.5. The molecule has 0 atom stereocenters. The molecular weight excluding hydrogens is 390 g/mol. The molecule has 0 bridgehead atoms. The summed E-state index contributed by atoms with van der Waals surface area (Å²) >= 11 is 0. The van der Waals surface area contributed by atoms with E-state index in [1.807, 2.05) is 42.5 Å². The van der Waals surface area contributed by atoms with Crippen molar-refractivity contribution >= 4 is 22.6 Å². The number of aryl methyl sites for hydroxylation is 3. The number of amides is 1. The number of nitrogens with zero attached hydrogens (tertiary/aromatic N) is 2. The van der Waals surface area contributed by atoms with Gasteiger partial charge in [-0.05, 0) is 60.5 Å². The third-order valence-electron chi connectivity index (χ3n) is 5.18. The molecule has 6 heteroatoms. The van der Waals surface area contributed by atoms with Gasteiger partial charge in [0.15, 0.2) is 6.61 Å². The number of nitrogens with one attached hydrogen (secondary N) is 1. The number of methoxy groups -OCH3 is 1. The van der Waals surface area contributed by atoms with Crippen molar-refractivity contribution in [2.75, 3.05) is 19.0 Å². The number of para-hydroxylation sites is 2. The minimum Gasteiger partial charge on any atom is -0.497 e. The molecule has 0 saturated carbocycles. The van der Waals surface area contributed by atoms with E-state index in [2.05, 4.69) is 23.0 Å². The standard InChI is InChI=1S/C25H25N3O3/c1-28-23-6-4-3-5-22(23)27-24(28)16-9-18-7-10-19(11-8-18)26-25(29)17-31-21-14-12-20(30-2)13-15-21/h3-8,10-15H,9,16-17H2,1-2H3,(H,26,29). The molecule has 0 aliphatic rings. The summed E-state index contributed by atoms with van der Waals surface area (Å²) < 4.78 is 12.8. The average Bonchev–Trinajstić information content (AvgIpc) is 3.13. The number of rotatable bonds is 8. The molecule has 0 radical (unpaired) electrons. The maximum absolute atomic E-state index is 12.2. The minimum absolute atomic E-state index is 0.0548. The van der Waals surface area contributed by atoms with Gasteiger partial charge in [0, 0.05) is 19.2 Å². The minimum atomic E-state index is -0.205. The van der Waals surface area contributed by atoms with Gasteiger partial charge in [-0.2, -0.15) is 0 Å². The van der Waals surface area contributed by atoms with Gasteiger partial charge in [0.1, 0.15) is 17.3 Å². The largest absolute Gasteiger partial charge is 0.497 e. The lowest BCUT2D eigenvalue weighted by molar-refractivity contribution is -0.118. The summed E-state index contributed by atoms with van der Waals surface area (Å²) in [6.07, 6.45) is 1.73. The summed E-state index contributed by atoms with van der Waals surface area (Å²) in [7, 11) is 3.66. The van der Waals surface area contributed by atoms with Gasteiger partial charge in [0.25, 0.3) is 5.91 Å². The monoisotopic (exact) mass is 415 g/mol. The number of hydrogen-bond donors (Lipinski definition) is 1. The lowest BCUT2D eigenvalue weighted by Gasteiger charge is -2.09. The maximum Gasteiger partial charge on any atom is 0.262 e. The van der Waals surface area contributed by atoms with Crippen LogP contribution in [0.2, 0.25) is 0 Å². The van der Waals surface area contributed by atoms with Gasteiger partial charge >= 0.3 is 0 Å². The lowest BCUT2D eigenvalue weighted by Crippen LogP contribution is -2.20. The summed E-state index contributed by atoms with van der Waals surface area (Å²) in [4.78, 5) is 16.9. The summed E-state index contributed by atoms with van der Waals surface area (Å²) in [6.45, 7) is -0.0548. The van der Waals surface area contributed by atoms with Crippen molar-refractivity contribution in [2.24, 2.45) is 7.05 Å². The maximum atomic E-state index is 12.2. The summed E-state index contributed by atoms with van der Waals surface area (Å²) in [5.74, 6) is 2.22. The van der Waals surface area contributed by atoms with Crippen LogP contribution < -0.4 is 14.8 Å². The van der Waals surface area contributed by atoms with Crippen LogP contribution in [-0.4, -0.2) is 29.2 Å². The van der Waals surface area contributed by atoms with Gasteiger partial charge in [-0.3, -0.25) is 4.79 Å². The van der Waals surface area contributed by atoms with Gasteiger partial charge in [-0.1, -0.05) is 24.3 Å². The molecule has 0 spiro atoms. The zero-order valence-electron chi connectivity index (χ0n) is 17.7. The van der Waals surface area contributed by atoms with Crippen molar-refractivity contribution in [1.82, 2.24) is 9.55 Å². The Kier molecular flexibility index (Phi) is 6.17. The second kappa shape index (κ2) is 9.34. The number of aromatic nitrogens is 2. The van der Waals surface area contributed by atoms with Crippen LogP contribution in [-0.2, 0) is 24.7 Å². The molecular formula is C25H25N3O3. The molecule has 4 aromatic rings. The molecule has 0 fully saturated rings. The number of fused-ring (bicyclic) bond motifs is 1. The van der Waals surface area contributed by atoms with Gasteiger partial charge in [-0.25, -0.2) is 4.98 Å². The predicted octanol–water partition coefficient (Wildman–Crippen LogP) is 4.38. The number of benzene rings is 3. The van der Waals surface area contributed by atoms with Crippen molar-refractivity contribution in [3.63, 3.8) is 0 Å². The van der Waals surface area contributed by atoms with Crippen molar-refractivity contribution < 1.29 is 14.3 Å². The van der Waals surface area contributed by atoms with E-state index >= 15 is 0 Å². The Hall–Kier alpha value is -3.80. The molecule has 4 rings (SSSR count). The fraction of sp³-hybridized carbons (Fsp3) is 0.200. The smallest absolute Gasteiger partial charge is 0.262 e. The molecule has 6 nitrogen and oxygen atoms in total.